The van der Waals surface area contributed by atoms with Crippen LogP contribution < -0.4 is 10.1 Å². The minimum absolute atomic E-state index is 0.0391. The molecule has 1 aromatic carbocycles. The molecule has 4 nitrogen and oxygen atoms in total. The van der Waals surface area contributed by atoms with E-state index in [1.807, 2.05) is 13.0 Å². The lowest BCUT2D eigenvalue weighted by Gasteiger charge is -2.13. The summed E-state index contributed by atoms with van der Waals surface area (Å²) in [6, 6.07) is 6.69. The second-order valence-electron chi connectivity index (χ2n) is 3.91. The van der Waals surface area contributed by atoms with Gasteiger partial charge in [0.2, 0.25) is 5.12 Å². The van der Waals surface area contributed by atoms with Crippen molar-refractivity contribution in [1.29, 1.82) is 0 Å². The van der Waals surface area contributed by atoms with Crippen LogP contribution >= 0.6 is 11.8 Å². The van der Waals surface area contributed by atoms with Gasteiger partial charge in [0.25, 0.3) is 5.91 Å². The summed E-state index contributed by atoms with van der Waals surface area (Å²) in [6.45, 7) is 2.37. The van der Waals surface area contributed by atoms with E-state index in [4.69, 9.17) is 4.74 Å². The highest BCUT2D eigenvalue weighted by Gasteiger charge is 2.27. The molecule has 1 unspecified atom stereocenters. The Balaban J connectivity index is 2.10. The molecule has 1 aromatic rings. The quantitative estimate of drug-likeness (QED) is 0.902. The Hall–Kier alpha value is -1.49. The molecule has 1 amide bonds. The third-order valence-electron chi connectivity index (χ3n) is 2.67. The zero-order chi connectivity index (χ0) is 13.0. The molecule has 0 radical (unpaired) electrons. The number of rotatable bonds is 4. The standard InChI is InChI=1S/C13H15NO3S/c1-2-17-11-6-4-3-5-9(11)12(15)14-10-7-8-18-13(10)16/h3-6,10H,2,7-8H2,1H3,(H,14,15). The van der Waals surface area contributed by atoms with Crippen molar-refractivity contribution in [3.8, 4) is 5.75 Å². The second-order valence-corrected chi connectivity index (χ2v) is 5.01. The highest BCUT2D eigenvalue weighted by atomic mass is 32.2. The van der Waals surface area contributed by atoms with Gasteiger partial charge in [-0.25, -0.2) is 0 Å². The highest BCUT2D eigenvalue weighted by molar-refractivity contribution is 8.14. The van der Waals surface area contributed by atoms with Crippen molar-refractivity contribution >= 4 is 22.8 Å². The average Bonchev–Trinajstić information content (AvgIpc) is 2.76. The first-order chi connectivity index (χ1) is 8.72. The van der Waals surface area contributed by atoms with E-state index in [1.54, 1.807) is 18.2 Å². The highest BCUT2D eigenvalue weighted by Crippen LogP contribution is 2.22. The predicted molar refractivity (Wildman–Crippen MR) is 70.9 cm³/mol. The molecule has 0 saturated carbocycles. The van der Waals surface area contributed by atoms with Crippen LogP contribution in [0.1, 0.15) is 23.7 Å². The molecule has 0 aliphatic carbocycles. The van der Waals surface area contributed by atoms with E-state index in [9.17, 15) is 9.59 Å². The molecule has 2 rings (SSSR count). The number of ether oxygens (including phenoxy) is 1. The predicted octanol–water partition coefficient (Wildman–Crippen LogP) is 1.85. The molecule has 5 heteroatoms. The molecule has 1 fully saturated rings. The molecular weight excluding hydrogens is 250 g/mol. The molecule has 0 bridgehead atoms. The maximum atomic E-state index is 12.1. The Labute approximate surface area is 110 Å². The number of nitrogens with one attached hydrogen (secondary N) is 1. The van der Waals surface area contributed by atoms with Gasteiger partial charge >= 0.3 is 0 Å². The van der Waals surface area contributed by atoms with Crippen LogP contribution in [0.15, 0.2) is 24.3 Å². The fourth-order valence-corrected chi connectivity index (χ4v) is 2.73. The number of para-hydroxylation sites is 1. The molecule has 1 N–H and O–H groups in total. The van der Waals surface area contributed by atoms with Crippen molar-refractivity contribution < 1.29 is 14.3 Å². The minimum Gasteiger partial charge on any atom is -0.493 e. The van der Waals surface area contributed by atoms with E-state index in [0.29, 0.717) is 24.3 Å². The van der Waals surface area contributed by atoms with Crippen LogP contribution in [0.3, 0.4) is 0 Å². The van der Waals surface area contributed by atoms with Gasteiger partial charge in [0.1, 0.15) is 5.75 Å². The topological polar surface area (TPSA) is 55.4 Å². The van der Waals surface area contributed by atoms with Gasteiger partial charge in [0.05, 0.1) is 18.2 Å². The normalized spacial score (nSPS) is 18.7. The molecule has 18 heavy (non-hydrogen) atoms. The first kappa shape index (κ1) is 13.0. The van der Waals surface area contributed by atoms with E-state index >= 15 is 0 Å². The Morgan fingerprint density at radius 2 is 2.28 bits per heavy atom. The van der Waals surface area contributed by atoms with Crippen molar-refractivity contribution in [2.45, 2.75) is 19.4 Å². The summed E-state index contributed by atoms with van der Waals surface area (Å²) >= 11 is 1.27. The van der Waals surface area contributed by atoms with Gasteiger partial charge in [-0.1, -0.05) is 23.9 Å². The van der Waals surface area contributed by atoms with Crippen LogP contribution in [0.25, 0.3) is 0 Å². The molecule has 0 aromatic heterocycles. The SMILES string of the molecule is CCOc1ccccc1C(=O)NC1CCSC1=O. The number of carbonyl (C=O) groups excluding carboxylic acids is 2. The van der Waals surface area contributed by atoms with Crippen LogP contribution in [-0.2, 0) is 4.79 Å². The fraction of sp³-hybridized carbons (Fsp3) is 0.385. The zero-order valence-electron chi connectivity index (χ0n) is 10.1. The Morgan fingerprint density at radius 3 is 2.94 bits per heavy atom. The van der Waals surface area contributed by atoms with Crippen LogP contribution in [0.2, 0.25) is 0 Å². The summed E-state index contributed by atoms with van der Waals surface area (Å²) in [4.78, 5) is 23.6. The first-order valence-electron chi connectivity index (χ1n) is 5.91. The molecular formula is C13H15NO3S. The molecule has 1 aliphatic heterocycles. The summed E-state index contributed by atoms with van der Waals surface area (Å²) in [7, 11) is 0. The molecule has 1 heterocycles. The van der Waals surface area contributed by atoms with Gasteiger partial charge in [-0.3, -0.25) is 9.59 Å². The third kappa shape index (κ3) is 2.85. The number of thioether (sulfide) groups is 1. The van der Waals surface area contributed by atoms with E-state index in [-0.39, 0.29) is 17.1 Å². The Kier molecular flexibility index (Phi) is 4.25. The first-order valence-corrected chi connectivity index (χ1v) is 6.90. The fourth-order valence-electron chi connectivity index (χ4n) is 1.80. The van der Waals surface area contributed by atoms with E-state index in [1.165, 1.54) is 11.8 Å². The van der Waals surface area contributed by atoms with Gasteiger partial charge in [-0.15, -0.1) is 0 Å². The number of amides is 1. The Bertz CT molecular complexity index is 461. The smallest absolute Gasteiger partial charge is 0.255 e. The molecule has 1 aliphatic rings. The van der Waals surface area contributed by atoms with Crippen molar-refractivity contribution in [3.05, 3.63) is 29.8 Å². The van der Waals surface area contributed by atoms with Crippen molar-refractivity contribution in [1.82, 2.24) is 5.32 Å². The van der Waals surface area contributed by atoms with Crippen molar-refractivity contribution in [2.75, 3.05) is 12.4 Å². The second kappa shape index (κ2) is 5.91. The average molecular weight is 265 g/mol. The third-order valence-corrected chi connectivity index (χ3v) is 3.68. The number of hydrogen-bond acceptors (Lipinski definition) is 4. The van der Waals surface area contributed by atoms with Crippen LogP contribution in [0.4, 0.5) is 0 Å². The molecule has 1 saturated heterocycles. The van der Waals surface area contributed by atoms with E-state index < -0.39 is 0 Å². The summed E-state index contributed by atoms with van der Waals surface area (Å²) < 4.78 is 5.40. The van der Waals surface area contributed by atoms with Gasteiger partial charge in [0, 0.05) is 5.75 Å². The van der Waals surface area contributed by atoms with E-state index in [0.717, 1.165) is 5.75 Å². The monoisotopic (exact) mass is 265 g/mol. The van der Waals surface area contributed by atoms with Gasteiger partial charge in [-0.2, -0.15) is 0 Å². The summed E-state index contributed by atoms with van der Waals surface area (Å²) in [6.07, 6.45) is 0.700. The molecule has 96 valence electrons. The number of carbonyl (C=O) groups is 2. The van der Waals surface area contributed by atoms with Crippen LogP contribution in [0.5, 0.6) is 5.75 Å². The number of hydrogen-bond donors (Lipinski definition) is 1. The maximum absolute atomic E-state index is 12.1. The minimum atomic E-state index is -0.364. The van der Waals surface area contributed by atoms with Crippen LogP contribution in [-0.4, -0.2) is 29.4 Å². The van der Waals surface area contributed by atoms with Gasteiger partial charge in [0.15, 0.2) is 0 Å². The van der Waals surface area contributed by atoms with Crippen molar-refractivity contribution in [3.63, 3.8) is 0 Å². The van der Waals surface area contributed by atoms with Crippen molar-refractivity contribution in [2.24, 2.45) is 0 Å². The maximum Gasteiger partial charge on any atom is 0.255 e. The lowest BCUT2D eigenvalue weighted by Crippen LogP contribution is -2.37. The molecule has 1 atom stereocenters. The summed E-state index contributed by atoms with van der Waals surface area (Å²) in [5, 5.41) is 2.79. The Morgan fingerprint density at radius 1 is 1.50 bits per heavy atom. The summed E-state index contributed by atoms with van der Waals surface area (Å²) in [5.74, 6) is 1.08. The van der Waals surface area contributed by atoms with E-state index in [2.05, 4.69) is 5.32 Å². The van der Waals surface area contributed by atoms with Gasteiger partial charge < -0.3 is 10.1 Å². The summed E-state index contributed by atoms with van der Waals surface area (Å²) in [5.41, 5.74) is 0.476. The van der Waals surface area contributed by atoms with Gasteiger partial charge in [-0.05, 0) is 25.5 Å². The largest absolute Gasteiger partial charge is 0.493 e. The lowest BCUT2D eigenvalue weighted by molar-refractivity contribution is -0.112. The molecule has 0 spiro atoms. The zero-order valence-corrected chi connectivity index (χ0v) is 11.0. The number of benzene rings is 1. The lowest BCUT2D eigenvalue weighted by atomic mass is 10.1. The van der Waals surface area contributed by atoms with Crippen LogP contribution in [0, 0.1) is 0 Å².